The van der Waals surface area contributed by atoms with E-state index in [-0.39, 0.29) is 21.7 Å². The van der Waals surface area contributed by atoms with Gasteiger partial charge >= 0.3 is 0 Å². The lowest BCUT2D eigenvalue weighted by Gasteiger charge is -2.14. The van der Waals surface area contributed by atoms with Gasteiger partial charge in [-0.25, -0.2) is 29.9 Å². The van der Waals surface area contributed by atoms with E-state index < -0.39 is 0 Å². The van der Waals surface area contributed by atoms with Crippen LogP contribution in [0.15, 0.2) is 72.8 Å². The van der Waals surface area contributed by atoms with Gasteiger partial charge in [-0.15, -0.1) is 0 Å². The van der Waals surface area contributed by atoms with E-state index in [1.54, 1.807) is 0 Å². The minimum absolute atomic E-state index is 0.332. The third-order valence-electron chi connectivity index (χ3n) is 10.2. The monoisotopic (exact) mass is 834 g/mol. The molecule has 2 aliphatic heterocycles. The molecule has 8 nitrogen and oxygen atoms in total. The fraction of sp³-hybridized carbons (Fsp3) is 0.286. The summed E-state index contributed by atoms with van der Waals surface area (Å²) in [6.45, 7) is 25.3. The topological polar surface area (TPSA) is 109 Å². The second-order valence-corrected chi connectivity index (χ2v) is 20.5. The van der Waals surface area contributed by atoms with Gasteiger partial charge in [0, 0.05) is 65.5 Å². The standard InChI is InChI=1S/C56H50N8/c1-53(2,3)29-25-33-34(26-30-54(4,5)6)36(28-32-56(10,11)12)44-43(35(33)27-31-55(7,8)9)51-62-49-41-23-17-15-21-39(41)47(60-49)58-45-37-19-13-14-20-38(37)46(57-45)59-48-40-22-16-18-24-42(40)50(61-48)63-52(44)64-51/h13-24H,1-12H3,(H2,57,58,59,60,61,62,63,64). The molecule has 2 N–H and O–H groups in total. The molecule has 0 saturated heterocycles. The Morgan fingerprint density at radius 2 is 0.594 bits per heavy atom. The fourth-order valence-corrected chi connectivity index (χ4v) is 7.40. The van der Waals surface area contributed by atoms with Crippen LogP contribution in [0, 0.1) is 69.0 Å². The molecule has 5 heterocycles. The lowest BCUT2D eigenvalue weighted by molar-refractivity contribution is 0.570. The van der Waals surface area contributed by atoms with Crippen molar-refractivity contribution >= 4 is 44.1 Å². The molecule has 8 bridgehead atoms. The number of aromatic amines is 2. The normalized spacial score (nSPS) is 12.2. The van der Waals surface area contributed by atoms with Crippen LogP contribution in [0.4, 0.5) is 0 Å². The maximum atomic E-state index is 5.43. The van der Waals surface area contributed by atoms with Crippen molar-refractivity contribution in [2.24, 2.45) is 21.7 Å². The van der Waals surface area contributed by atoms with Crippen molar-refractivity contribution in [1.82, 2.24) is 39.9 Å². The predicted molar refractivity (Wildman–Crippen MR) is 261 cm³/mol. The van der Waals surface area contributed by atoms with Crippen molar-refractivity contribution in [2.75, 3.05) is 0 Å². The Bertz CT molecular complexity index is 3330. The van der Waals surface area contributed by atoms with Gasteiger partial charge < -0.3 is 9.97 Å². The molecule has 0 amide bonds. The maximum absolute atomic E-state index is 5.43. The molecule has 0 spiro atoms. The van der Waals surface area contributed by atoms with Crippen LogP contribution in [0.3, 0.4) is 0 Å². The number of fused-ring (bicyclic) bond motifs is 20. The first-order valence-electron chi connectivity index (χ1n) is 21.7. The summed E-state index contributed by atoms with van der Waals surface area (Å²) < 4.78 is 0. The van der Waals surface area contributed by atoms with E-state index in [4.69, 9.17) is 29.9 Å². The summed E-state index contributed by atoms with van der Waals surface area (Å²) in [5.41, 5.74) is 7.11. The molecule has 0 fully saturated rings. The highest BCUT2D eigenvalue weighted by Crippen LogP contribution is 2.40. The molecule has 3 aromatic heterocycles. The van der Waals surface area contributed by atoms with E-state index in [1.165, 1.54) is 0 Å². The number of aromatic nitrogens is 8. The second-order valence-electron chi connectivity index (χ2n) is 20.5. The molecule has 0 atom stereocenters. The fourth-order valence-electron chi connectivity index (χ4n) is 7.40. The zero-order chi connectivity index (χ0) is 45.3. The van der Waals surface area contributed by atoms with Crippen molar-refractivity contribution in [2.45, 2.75) is 83.1 Å². The highest BCUT2D eigenvalue weighted by molar-refractivity contribution is 6.13. The zero-order valence-electron chi connectivity index (χ0n) is 38.6. The summed E-state index contributed by atoms with van der Waals surface area (Å²) in [7, 11) is 0. The Morgan fingerprint density at radius 1 is 0.328 bits per heavy atom. The van der Waals surface area contributed by atoms with Crippen LogP contribution >= 0.6 is 0 Å². The van der Waals surface area contributed by atoms with Crippen molar-refractivity contribution < 1.29 is 0 Å². The molecule has 0 radical (unpaired) electrons. The summed E-state index contributed by atoms with van der Waals surface area (Å²) in [5.74, 6) is 30.7. The minimum atomic E-state index is -0.352. The molecule has 64 heavy (non-hydrogen) atoms. The Balaban J connectivity index is 1.60. The maximum Gasteiger partial charge on any atom is 0.164 e. The lowest BCUT2D eigenvalue weighted by atomic mass is 9.87. The number of nitrogens with one attached hydrogen (secondary N) is 2. The van der Waals surface area contributed by atoms with Gasteiger partial charge in [-0.2, -0.15) is 0 Å². The third kappa shape index (κ3) is 8.24. The Kier molecular flexibility index (Phi) is 9.86. The molecular formula is C56H50N8. The largest absolute Gasteiger partial charge is 0.324 e. The van der Waals surface area contributed by atoms with E-state index in [0.29, 0.717) is 68.1 Å². The molecule has 8 heteroatoms. The number of H-pyrrole nitrogens is 2. The van der Waals surface area contributed by atoms with Crippen LogP contribution in [-0.2, 0) is 0 Å². The average molecular weight is 835 g/mol. The Morgan fingerprint density at radius 3 is 0.906 bits per heavy atom. The summed E-state index contributed by atoms with van der Waals surface area (Å²) in [5, 5.41) is 3.28. The number of benzene rings is 4. The van der Waals surface area contributed by atoms with Gasteiger partial charge in [0.05, 0.1) is 22.3 Å². The van der Waals surface area contributed by atoms with Crippen LogP contribution in [0.5, 0.6) is 0 Å². The number of rotatable bonds is 0. The quantitative estimate of drug-likeness (QED) is 0.147. The van der Waals surface area contributed by atoms with Crippen LogP contribution in [-0.4, -0.2) is 39.9 Å². The highest BCUT2D eigenvalue weighted by Gasteiger charge is 2.27. The molecule has 0 aliphatic carbocycles. The molecule has 0 saturated carbocycles. The van der Waals surface area contributed by atoms with Crippen molar-refractivity contribution in [1.29, 1.82) is 0 Å². The van der Waals surface area contributed by atoms with Gasteiger partial charge in [-0.05, 0) is 83.1 Å². The smallest absolute Gasteiger partial charge is 0.164 e. The van der Waals surface area contributed by atoms with Crippen LogP contribution in [0.2, 0.25) is 0 Å². The van der Waals surface area contributed by atoms with Crippen molar-refractivity contribution in [3.8, 4) is 92.9 Å². The summed E-state index contributed by atoms with van der Waals surface area (Å²) in [6, 6.07) is 24.2. The average Bonchev–Trinajstić information content (AvgIpc) is 3.95. The lowest BCUT2D eigenvalue weighted by Crippen LogP contribution is -2.05. The summed E-state index contributed by atoms with van der Waals surface area (Å²) in [4.78, 5) is 38.8. The molecule has 2 aliphatic rings. The Hall–Kier alpha value is -7.52. The van der Waals surface area contributed by atoms with Gasteiger partial charge in [0.15, 0.2) is 23.3 Å². The van der Waals surface area contributed by atoms with E-state index >= 15 is 0 Å². The first kappa shape index (κ1) is 41.8. The SMILES string of the molecule is CC(C)(C)C#Cc1c(C#CC(C)(C)C)c(C#CC(C)(C)C)c2c3nc4nc(nc5[nH]c(nc6nc(nc([nH]3)c2c1C#CC(C)(C)C)-c1ccccc1-6)c1ccccc51)-c1ccccc1-4. The van der Waals surface area contributed by atoms with Crippen LogP contribution < -0.4 is 0 Å². The molecule has 9 rings (SSSR count). The van der Waals surface area contributed by atoms with Crippen molar-refractivity contribution in [3.63, 3.8) is 0 Å². The predicted octanol–water partition coefficient (Wildman–Crippen LogP) is 12.5. The number of hydrogen-bond acceptors (Lipinski definition) is 6. The Labute approximate surface area is 375 Å². The third-order valence-corrected chi connectivity index (χ3v) is 10.2. The molecular weight excluding hydrogens is 785 g/mol. The number of nitrogens with zero attached hydrogens (tertiary/aromatic N) is 6. The van der Waals surface area contributed by atoms with Gasteiger partial charge in [0.1, 0.15) is 22.6 Å². The number of hydrogen-bond donors (Lipinski definition) is 2. The first-order valence-corrected chi connectivity index (χ1v) is 21.7. The van der Waals surface area contributed by atoms with E-state index in [9.17, 15) is 0 Å². The van der Waals surface area contributed by atoms with Gasteiger partial charge in [0.2, 0.25) is 0 Å². The van der Waals surface area contributed by atoms with Gasteiger partial charge in [0.25, 0.3) is 0 Å². The van der Waals surface area contributed by atoms with Crippen LogP contribution in [0.1, 0.15) is 105 Å². The first-order chi connectivity index (χ1) is 30.2. The van der Waals surface area contributed by atoms with E-state index in [0.717, 1.165) is 43.8 Å². The molecule has 314 valence electrons. The molecule has 4 aromatic carbocycles. The highest BCUT2D eigenvalue weighted by atomic mass is 15.1. The summed E-state index contributed by atoms with van der Waals surface area (Å²) in [6.07, 6.45) is 0. The van der Waals surface area contributed by atoms with Gasteiger partial charge in [-0.3, -0.25) is 0 Å². The van der Waals surface area contributed by atoms with E-state index in [1.807, 2.05) is 72.8 Å². The van der Waals surface area contributed by atoms with E-state index in [2.05, 4.69) is 140 Å². The molecule has 7 aromatic rings. The van der Waals surface area contributed by atoms with Crippen molar-refractivity contribution in [3.05, 3.63) is 95.1 Å². The van der Waals surface area contributed by atoms with Crippen LogP contribution in [0.25, 0.3) is 89.7 Å². The second kappa shape index (κ2) is 15.1. The molecule has 0 unspecified atom stereocenters. The zero-order valence-corrected chi connectivity index (χ0v) is 38.6. The minimum Gasteiger partial charge on any atom is -0.324 e. The van der Waals surface area contributed by atoms with Gasteiger partial charge in [-0.1, -0.05) is 120 Å². The summed E-state index contributed by atoms with van der Waals surface area (Å²) >= 11 is 0.